The van der Waals surface area contributed by atoms with Gasteiger partial charge in [0.05, 0.1) is 18.9 Å². The third-order valence-corrected chi connectivity index (χ3v) is 4.20. The third-order valence-electron chi connectivity index (χ3n) is 4.20. The van der Waals surface area contributed by atoms with Crippen molar-refractivity contribution in [3.8, 4) is 5.75 Å². The van der Waals surface area contributed by atoms with Crippen LogP contribution in [0.15, 0.2) is 10.9 Å². The first kappa shape index (κ1) is 19.8. The number of methoxy groups -OCH3 is 1. The van der Waals surface area contributed by atoms with Crippen molar-refractivity contribution >= 4 is 0 Å². The van der Waals surface area contributed by atoms with Gasteiger partial charge in [0.1, 0.15) is 0 Å². The number of hydrogen-bond acceptors (Lipinski definition) is 3. The molecule has 0 bridgehead atoms. The van der Waals surface area contributed by atoms with Crippen LogP contribution in [0.25, 0.3) is 0 Å². The molecule has 0 fully saturated rings. The topological polar surface area (TPSA) is 62.3 Å². The molecule has 4 heteroatoms. The summed E-state index contributed by atoms with van der Waals surface area (Å²) in [6, 6.07) is 1.58. The van der Waals surface area contributed by atoms with Gasteiger partial charge in [0.15, 0.2) is 5.75 Å². The number of aryl methyl sites for hydroxylation is 2. The van der Waals surface area contributed by atoms with Crippen LogP contribution in [-0.2, 0) is 6.42 Å². The summed E-state index contributed by atoms with van der Waals surface area (Å²) in [5, 5.41) is 9.19. The lowest BCUT2D eigenvalue weighted by Gasteiger charge is -2.09. The molecule has 23 heavy (non-hydrogen) atoms. The lowest BCUT2D eigenvalue weighted by molar-refractivity contribution is 0.180. The fourth-order valence-electron chi connectivity index (χ4n) is 2.94. The predicted molar refractivity (Wildman–Crippen MR) is 95.3 cm³/mol. The van der Waals surface area contributed by atoms with Gasteiger partial charge in [-0.25, -0.2) is 0 Å². The Kier molecular flexibility index (Phi) is 9.69. The Morgan fingerprint density at radius 3 is 2.22 bits per heavy atom. The average molecular weight is 323 g/mol. The molecule has 0 saturated heterocycles. The summed E-state index contributed by atoms with van der Waals surface area (Å²) in [5.74, 6) is 0.466. The molecule has 0 aliphatic heterocycles. The molecule has 132 valence electrons. The Morgan fingerprint density at radius 1 is 1.09 bits per heavy atom. The minimum absolute atomic E-state index is 0.0315. The SMILES string of the molecule is COc1c(CCCCCCCCCC[C@H](C)O)[nH]c(C)cc1=O. The molecule has 2 N–H and O–H groups in total. The van der Waals surface area contributed by atoms with Gasteiger partial charge in [0.25, 0.3) is 0 Å². The summed E-state index contributed by atoms with van der Waals surface area (Å²) in [6.07, 6.45) is 11.3. The lowest BCUT2D eigenvalue weighted by Crippen LogP contribution is -2.11. The van der Waals surface area contributed by atoms with Crippen LogP contribution in [0.4, 0.5) is 0 Å². The number of aromatic amines is 1. The highest BCUT2D eigenvalue weighted by Gasteiger charge is 2.08. The van der Waals surface area contributed by atoms with Crippen molar-refractivity contribution in [3.63, 3.8) is 0 Å². The molecule has 4 nitrogen and oxygen atoms in total. The quantitative estimate of drug-likeness (QED) is 0.569. The molecule has 0 aromatic carbocycles. The van der Waals surface area contributed by atoms with Gasteiger partial charge in [-0.15, -0.1) is 0 Å². The molecule has 1 atom stereocenters. The lowest BCUT2D eigenvalue weighted by atomic mass is 10.0. The van der Waals surface area contributed by atoms with E-state index in [9.17, 15) is 9.90 Å². The van der Waals surface area contributed by atoms with E-state index in [-0.39, 0.29) is 11.5 Å². The first-order chi connectivity index (χ1) is 11.0. The Bertz CT molecular complexity index is 494. The average Bonchev–Trinajstić information content (AvgIpc) is 2.48. The number of nitrogens with one attached hydrogen (secondary N) is 1. The number of aromatic nitrogens is 1. The van der Waals surface area contributed by atoms with E-state index in [4.69, 9.17) is 4.74 Å². The number of H-pyrrole nitrogens is 1. The Hall–Kier alpha value is -1.29. The first-order valence-electron chi connectivity index (χ1n) is 8.99. The number of ether oxygens (including phenoxy) is 1. The number of aliphatic hydroxyl groups excluding tert-OH is 1. The van der Waals surface area contributed by atoms with Crippen LogP contribution in [0.5, 0.6) is 5.75 Å². The maximum Gasteiger partial charge on any atom is 0.223 e. The molecule has 0 amide bonds. The van der Waals surface area contributed by atoms with Gasteiger partial charge in [-0.3, -0.25) is 4.79 Å². The van der Waals surface area contributed by atoms with E-state index in [0.29, 0.717) is 5.75 Å². The van der Waals surface area contributed by atoms with Crippen LogP contribution in [0, 0.1) is 6.92 Å². The van der Waals surface area contributed by atoms with E-state index in [1.807, 2.05) is 13.8 Å². The molecular formula is C19H33NO3. The van der Waals surface area contributed by atoms with Crippen LogP contribution < -0.4 is 10.2 Å². The fraction of sp³-hybridized carbons (Fsp3) is 0.737. The fourth-order valence-corrected chi connectivity index (χ4v) is 2.94. The second kappa shape index (κ2) is 11.3. The largest absolute Gasteiger partial charge is 0.491 e. The molecule has 0 radical (unpaired) electrons. The molecule has 0 aliphatic carbocycles. The summed E-state index contributed by atoms with van der Waals surface area (Å²) in [5.41, 5.74) is 1.79. The van der Waals surface area contributed by atoms with Crippen molar-refractivity contribution in [1.82, 2.24) is 4.98 Å². The van der Waals surface area contributed by atoms with E-state index in [1.54, 1.807) is 13.2 Å². The summed E-state index contributed by atoms with van der Waals surface area (Å²) in [4.78, 5) is 15.1. The molecule has 0 spiro atoms. The van der Waals surface area contributed by atoms with Gasteiger partial charge in [0, 0.05) is 11.8 Å². The maximum absolute atomic E-state index is 11.8. The summed E-state index contributed by atoms with van der Waals surface area (Å²) < 4.78 is 5.22. The summed E-state index contributed by atoms with van der Waals surface area (Å²) in [7, 11) is 1.56. The van der Waals surface area contributed by atoms with E-state index in [0.717, 1.165) is 37.1 Å². The Morgan fingerprint density at radius 2 is 1.65 bits per heavy atom. The van der Waals surface area contributed by atoms with Crippen LogP contribution in [0.2, 0.25) is 0 Å². The number of rotatable bonds is 12. The van der Waals surface area contributed by atoms with Gasteiger partial charge in [-0.1, -0.05) is 44.9 Å². The maximum atomic E-state index is 11.8. The number of pyridine rings is 1. The first-order valence-corrected chi connectivity index (χ1v) is 8.99. The molecule has 1 aromatic heterocycles. The van der Waals surface area contributed by atoms with Crippen molar-refractivity contribution in [2.75, 3.05) is 7.11 Å². The van der Waals surface area contributed by atoms with Crippen LogP contribution in [-0.4, -0.2) is 23.3 Å². The van der Waals surface area contributed by atoms with E-state index < -0.39 is 0 Å². The van der Waals surface area contributed by atoms with Crippen LogP contribution in [0.1, 0.15) is 76.1 Å². The zero-order valence-corrected chi connectivity index (χ0v) is 15.0. The van der Waals surface area contributed by atoms with Crippen LogP contribution in [0.3, 0.4) is 0 Å². The molecule has 1 heterocycles. The number of unbranched alkanes of at least 4 members (excludes halogenated alkanes) is 7. The Labute approximate surface area is 140 Å². The van der Waals surface area contributed by atoms with E-state index >= 15 is 0 Å². The van der Waals surface area contributed by atoms with Crippen molar-refractivity contribution in [2.45, 2.75) is 84.2 Å². The van der Waals surface area contributed by atoms with Gasteiger partial charge >= 0.3 is 0 Å². The monoisotopic (exact) mass is 323 g/mol. The highest BCUT2D eigenvalue weighted by molar-refractivity contribution is 5.29. The smallest absolute Gasteiger partial charge is 0.223 e. The van der Waals surface area contributed by atoms with E-state index in [1.165, 1.54) is 38.5 Å². The van der Waals surface area contributed by atoms with E-state index in [2.05, 4.69) is 4.98 Å². The highest BCUT2D eigenvalue weighted by Crippen LogP contribution is 2.16. The standard InChI is InChI=1S/C19H33NO3/c1-15-14-18(22)19(23-3)17(20-15)13-11-9-7-5-4-6-8-10-12-16(2)21/h14,16,21H,4-13H2,1-3H3,(H,20,22)/t16-/m0/s1. The third kappa shape index (κ3) is 8.21. The van der Waals surface area contributed by atoms with Crippen molar-refractivity contribution in [1.29, 1.82) is 0 Å². The summed E-state index contributed by atoms with van der Waals surface area (Å²) in [6.45, 7) is 3.76. The normalized spacial score (nSPS) is 12.3. The number of aliphatic hydroxyl groups is 1. The molecule has 0 aliphatic rings. The zero-order chi connectivity index (χ0) is 17.1. The molecule has 0 saturated carbocycles. The molecule has 0 unspecified atom stereocenters. The van der Waals surface area contributed by atoms with Crippen LogP contribution >= 0.6 is 0 Å². The Balaban J connectivity index is 2.13. The second-order valence-corrected chi connectivity index (χ2v) is 6.54. The molecular weight excluding hydrogens is 290 g/mol. The molecule has 1 rings (SSSR count). The van der Waals surface area contributed by atoms with Crippen molar-refractivity contribution in [2.24, 2.45) is 0 Å². The zero-order valence-electron chi connectivity index (χ0n) is 15.0. The van der Waals surface area contributed by atoms with Crippen molar-refractivity contribution < 1.29 is 9.84 Å². The minimum atomic E-state index is -0.153. The van der Waals surface area contributed by atoms with Crippen molar-refractivity contribution in [3.05, 3.63) is 27.7 Å². The van der Waals surface area contributed by atoms with Gasteiger partial charge in [-0.2, -0.15) is 0 Å². The molecule has 1 aromatic rings. The van der Waals surface area contributed by atoms with Gasteiger partial charge in [0.2, 0.25) is 5.43 Å². The minimum Gasteiger partial charge on any atom is -0.491 e. The predicted octanol–water partition coefficient (Wildman–Crippen LogP) is 4.13. The van der Waals surface area contributed by atoms with Gasteiger partial charge in [-0.05, 0) is 33.1 Å². The van der Waals surface area contributed by atoms with Gasteiger partial charge < -0.3 is 14.8 Å². The number of hydrogen-bond donors (Lipinski definition) is 2. The summed E-state index contributed by atoms with van der Waals surface area (Å²) >= 11 is 0. The highest BCUT2D eigenvalue weighted by atomic mass is 16.5. The second-order valence-electron chi connectivity index (χ2n) is 6.54.